The van der Waals surface area contributed by atoms with Crippen LogP contribution in [0.15, 0.2) is 36.5 Å². The highest BCUT2D eigenvalue weighted by Crippen LogP contribution is 2.42. The number of ether oxygens (including phenoxy) is 1. The van der Waals surface area contributed by atoms with Crippen molar-refractivity contribution in [1.82, 2.24) is 24.8 Å². The van der Waals surface area contributed by atoms with E-state index >= 15 is 0 Å². The monoisotopic (exact) mass is 555 g/mol. The van der Waals surface area contributed by atoms with Crippen molar-refractivity contribution < 1.29 is 9.53 Å². The topological polar surface area (TPSA) is 86.7 Å². The fourth-order valence-electron chi connectivity index (χ4n) is 5.75. The molecule has 2 fully saturated rings. The van der Waals surface area contributed by atoms with E-state index in [1.54, 1.807) is 11.3 Å². The van der Waals surface area contributed by atoms with Gasteiger partial charge in [0.2, 0.25) is 0 Å². The average Bonchev–Trinajstić information content (AvgIpc) is 3.61. The van der Waals surface area contributed by atoms with Crippen LogP contribution in [0.2, 0.25) is 0 Å². The third-order valence-corrected chi connectivity index (χ3v) is 9.46. The van der Waals surface area contributed by atoms with Crippen LogP contribution in [0.1, 0.15) is 21.5 Å². The summed E-state index contributed by atoms with van der Waals surface area (Å²) in [7, 11) is 2.10. The summed E-state index contributed by atoms with van der Waals surface area (Å²) in [5.41, 5.74) is 5.99. The van der Waals surface area contributed by atoms with Gasteiger partial charge in [-0.2, -0.15) is 0 Å². The van der Waals surface area contributed by atoms with Gasteiger partial charge in [0.1, 0.15) is 5.82 Å². The van der Waals surface area contributed by atoms with Gasteiger partial charge in [-0.25, -0.2) is 15.0 Å². The molecule has 1 aromatic carbocycles. The molecule has 9 nitrogen and oxygen atoms in total. The zero-order chi connectivity index (χ0) is 27.2. The van der Waals surface area contributed by atoms with E-state index in [4.69, 9.17) is 14.7 Å². The third-order valence-electron chi connectivity index (χ3n) is 8.13. The number of nitrogens with one attached hydrogen (secondary N) is 1. The summed E-state index contributed by atoms with van der Waals surface area (Å²) in [6.45, 7) is 9.32. The second kappa shape index (κ2) is 10.4. The molecule has 0 saturated carbocycles. The van der Waals surface area contributed by atoms with Gasteiger partial charge in [0, 0.05) is 68.0 Å². The summed E-state index contributed by atoms with van der Waals surface area (Å²) < 4.78 is 6.72. The number of aryl methyl sites for hydroxylation is 1. The number of thiophene rings is 1. The van der Waals surface area contributed by atoms with Gasteiger partial charge in [-0.15, -0.1) is 11.3 Å². The lowest BCUT2D eigenvalue weighted by Gasteiger charge is -2.32. The standard InChI is InChI=1S/C30H33N7O2S/c1-19-24-26(40-25(19)20-4-3-5-22(16-20)30(38)37-10-8-35(2)9-11-37)29(36-12-14-39-15-13-36)34-28(33-24)23-17-21-6-7-31-27(21)32-18-23/h3-5,16-18H,6-15H2,1-2H3,(H,31,32). The number of morpholine rings is 1. The molecule has 0 spiro atoms. The maximum absolute atomic E-state index is 13.3. The minimum Gasteiger partial charge on any atom is -0.378 e. The molecule has 10 heteroatoms. The number of hydrogen-bond donors (Lipinski definition) is 1. The number of carbonyl (C=O) groups excluding carboxylic acids is 1. The first-order valence-electron chi connectivity index (χ1n) is 14.0. The van der Waals surface area contributed by atoms with E-state index in [0.717, 1.165) is 101 Å². The van der Waals surface area contributed by atoms with Gasteiger partial charge in [0.05, 0.1) is 23.4 Å². The van der Waals surface area contributed by atoms with E-state index < -0.39 is 0 Å². The van der Waals surface area contributed by atoms with Crippen LogP contribution in [-0.2, 0) is 11.2 Å². The molecular formula is C30H33N7O2S. The van der Waals surface area contributed by atoms with Crippen LogP contribution < -0.4 is 10.2 Å². The maximum atomic E-state index is 13.3. The first kappa shape index (κ1) is 25.4. The molecule has 4 aromatic rings. The Balaban J connectivity index is 1.31. The van der Waals surface area contributed by atoms with Gasteiger partial charge in [0.25, 0.3) is 5.91 Å². The second-order valence-electron chi connectivity index (χ2n) is 10.8. The third kappa shape index (κ3) is 4.59. The number of hydrogen-bond acceptors (Lipinski definition) is 9. The molecule has 3 aliphatic rings. The number of pyridine rings is 1. The normalized spacial score (nSPS) is 17.8. The highest BCUT2D eigenvalue weighted by atomic mass is 32.1. The first-order valence-corrected chi connectivity index (χ1v) is 14.8. The maximum Gasteiger partial charge on any atom is 0.253 e. The first-order chi connectivity index (χ1) is 19.5. The SMILES string of the molecule is Cc1c(-c2cccc(C(=O)N3CCN(C)CC3)c2)sc2c(N3CCOCC3)nc(-c3cnc4c(c3)CCN4)nc12. The fourth-order valence-corrected chi connectivity index (χ4v) is 7.01. The molecule has 1 amide bonds. The van der Waals surface area contributed by atoms with Gasteiger partial charge in [0.15, 0.2) is 11.6 Å². The molecule has 6 heterocycles. The largest absolute Gasteiger partial charge is 0.378 e. The number of amides is 1. The number of anilines is 2. The number of carbonyl (C=O) groups is 1. The van der Waals surface area contributed by atoms with Gasteiger partial charge in [-0.1, -0.05) is 12.1 Å². The molecule has 7 rings (SSSR count). The minimum atomic E-state index is 0.100. The molecule has 2 saturated heterocycles. The molecule has 0 radical (unpaired) electrons. The summed E-state index contributed by atoms with van der Waals surface area (Å²) >= 11 is 1.71. The van der Waals surface area contributed by atoms with E-state index in [9.17, 15) is 4.79 Å². The van der Waals surface area contributed by atoms with E-state index in [0.29, 0.717) is 19.0 Å². The predicted octanol–water partition coefficient (Wildman–Crippen LogP) is 3.92. The summed E-state index contributed by atoms with van der Waals surface area (Å²) in [5.74, 6) is 2.70. The molecule has 206 valence electrons. The minimum absolute atomic E-state index is 0.100. The molecule has 1 N–H and O–H groups in total. The number of piperazine rings is 1. The second-order valence-corrected chi connectivity index (χ2v) is 11.8. The Labute approximate surface area is 237 Å². The van der Waals surface area contributed by atoms with Crippen molar-refractivity contribution in [1.29, 1.82) is 0 Å². The zero-order valence-corrected chi connectivity index (χ0v) is 23.8. The van der Waals surface area contributed by atoms with Crippen molar-refractivity contribution in [3.05, 3.63) is 53.2 Å². The number of fused-ring (bicyclic) bond motifs is 2. The molecule has 0 unspecified atom stereocenters. The van der Waals surface area contributed by atoms with Crippen molar-refractivity contribution >= 4 is 39.1 Å². The van der Waals surface area contributed by atoms with Crippen molar-refractivity contribution in [2.75, 3.05) is 76.3 Å². The summed E-state index contributed by atoms with van der Waals surface area (Å²) in [6, 6.07) is 10.2. The molecule has 0 atom stereocenters. The Morgan fingerprint density at radius 1 is 1.02 bits per heavy atom. The van der Waals surface area contributed by atoms with Crippen LogP contribution >= 0.6 is 11.3 Å². The Bertz CT molecular complexity index is 1590. The Kier molecular flexibility index (Phi) is 6.61. The van der Waals surface area contributed by atoms with Crippen LogP contribution in [0, 0.1) is 6.92 Å². The van der Waals surface area contributed by atoms with E-state index in [1.165, 1.54) is 5.56 Å². The van der Waals surface area contributed by atoms with Crippen molar-refractivity contribution in [2.24, 2.45) is 0 Å². The number of aromatic nitrogens is 3. The van der Waals surface area contributed by atoms with Crippen molar-refractivity contribution in [3.63, 3.8) is 0 Å². The number of rotatable bonds is 4. The van der Waals surface area contributed by atoms with Crippen molar-refractivity contribution in [3.8, 4) is 21.8 Å². The van der Waals surface area contributed by atoms with Crippen LogP contribution in [0.25, 0.3) is 32.0 Å². The van der Waals surface area contributed by atoms with Gasteiger partial charge in [-0.05, 0) is 55.3 Å². The summed E-state index contributed by atoms with van der Waals surface area (Å²) in [5, 5.41) is 3.34. The number of benzene rings is 1. The number of likely N-dealkylation sites (N-methyl/N-ethyl adjacent to an activating group) is 1. The van der Waals surface area contributed by atoms with Gasteiger partial charge >= 0.3 is 0 Å². The molecule has 3 aromatic heterocycles. The van der Waals surface area contributed by atoms with Crippen molar-refractivity contribution in [2.45, 2.75) is 13.3 Å². The fraction of sp³-hybridized carbons (Fsp3) is 0.400. The lowest BCUT2D eigenvalue weighted by Crippen LogP contribution is -2.47. The Morgan fingerprint density at radius 3 is 2.67 bits per heavy atom. The quantitative estimate of drug-likeness (QED) is 0.406. The molecule has 40 heavy (non-hydrogen) atoms. The summed E-state index contributed by atoms with van der Waals surface area (Å²) in [4.78, 5) is 35.9. The molecular weight excluding hydrogens is 522 g/mol. The van der Waals surface area contributed by atoms with E-state index in [2.05, 4.69) is 46.2 Å². The smallest absolute Gasteiger partial charge is 0.253 e. The summed E-state index contributed by atoms with van der Waals surface area (Å²) in [6.07, 6.45) is 2.83. The van der Waals surface area contributed by atoms with E-state index in [1.807, 2.05) is 29.3 Å². The molecule has 0 bridgehead atoms. The number of nitrogens with zero attached hydrogens (tertiary/aromatic N) is 6. The van der Waals surface area contributed by atoms with Gasteiger partial charge in [-0.3, -0.25) is 4.79 Å². The lowest BCUT2D eigenvalue weighted by molar-refractivity contribution is 0.0664. The molecule has 3 aliphatic heterocycles. The highest BCUT2D eigenvalue weighted by molar-refractivity contribution is 7.23. The predicted molar refractivity (Wildman–Crippen MR) is 159 cm³/mol. The Morgan fingerprint density at radius 2 is 1.85 bits per heavy atom. The molecule has 0 aliphatic carbocycles. The van der Waals surface area contributed by atoms with Gasteiger partial charge < -0.3 is 24.8 Å². The highest BCUT2D eigenvalue weighted by Gasteiger charge is 2.25. The zero-order valence-electron chi connectivity index (χ0n) is 22.9. The van der Waals surface area contributed by atoms with E-state index in [-0.39, 0.29) is 5.91 Å². The van der Waals surface area contributed by atoms with Crippen LogP contribution in [0.5, 0.6) is 0 Å². The Hall–Kier alpha value is -3.60. The van der Waals surface area contributed by atoms with Crippen LogP contribution in [-0.4, -0.2) is 96.7 Å². The van der Waals surface area contributed by atoms with Crippen LogP contribution in [0.4, 0.5) is 11.6 Å². The lowest BCUT2D eigenvalue weighted by atomic mass is 10.1. The van der Waals surface area contributed by atoms with Crippen LogP contribution in [0.3, 0.4) is 0 Å². The average molecular weight is 556 g/mol.